The number of nitrogens with one attached hydrogen (secondary N) is 2. The van der Waals surface area contributed by atoms with Gasteiger partial charge < -0.3 is 30.1 Å². The lowest BCUT2D eigenvalue weighted by Gasteiger charge is -2.44. The molecule has 1 fully saturated rings. The molecule has 1 aliphatic carbocycles. The Kier molecular flexibility index (Phi) is 11.6. The summed E-state index contributed by atoms with van der Waals surface area (Å²) in [5.74, 6) is -1.11. The number of hydrogen-bond acceptors (Lipinski definition) is 7. The first kappa shape index (κ1) is 31.9. The topological polar surface area (TPSA) is 134 Å². The van der Waals surface area contributed by atoms with Gasteiger partial charge in [-0.25, -0.2) is 4.79 Å². The first-order chi connectivity index (χ1) is 18.2. The molecule has 10 nitrogen and oxygen atoms in total. The summed E-state index contributed by atoms with van der Waals surface area (Å²) in [4.78, 5) is 54.0. The molecule has 2 atom stereocenters. The first-order valence-electron chi connectivity index (χ1n) is 13.8. The van der Waals surface area contributed by atoms with Gasteiger partial charge in [0.15, 0.2) is 0 Å². The Labute approximate surface area is 231 Å². The van der Waals surface area contributed by atoms with Crippen LogP contribution in [0.5, 0.6) is 5.75 Å². The van der Waals surface area contributed by atoms with Crippen LogP contribution in [0.2, 0.25) is 0 Å². The van der Waals surface area contributed by atoms with Crippen LogP contribution in [0.25, 0.3) is 0 Å². The van der Waals surface area contributed by atoms with E-state index in [2.05, 4.69) is 10.6 Å². The molecule has 2 rings (SSSR count). The van der Waals surface area contributed by atoms with Crippen molar-refractivity contribution in [1.82, 2.24) is 15.5 Å². The largest absolute Gasteiger partial charge is 0.508 e. The molecule has 3 N–H and O–H groups in total. The number of esters is 1. The van der Waals surface area contributed by atoms with E-state index in [1.165, 1.54) is 6.07 Å². The van der Waals surface area contributed by atoms with Crippen molar-refractivity contribution in [3.8, 4) is 5.75 Å². The molecule has 1 saturated carbocycles. The van der Waals surface area contributed by atoms with E-state index in [-0.39, 0.29) is 43.2 Å². The van der Waals surface area contributed by atoms with E-state index in [4.69, 9.17) is 9.47 Å². The molecular formula is C29H45N3O7. The molecule has 0 heterocycles. The molecule has 1 aromatic rings. The Balaban J connectivity index is 2.45. The van der Waals surface area contributed by atoms with Gasteiger partial charge in [-0.1, -0.05) is 19.9 Å². The maximum Gasteiger partial charge on any atom is 0.408 e. The lowest BCUT2D eigenvalue weighted by molar-refractivity contribution is -0.148. The second-order valence-electron chi connectivity index (χ2n) is 11.5. The number of phenolic OH excluding ortho intramolecular Hbond substituents is 1. The van der Waals surface area contributed by atoms with Gasteiger partial charge in [0, 0.05) is 12.6 Å². The molecule has 218 valence electrons. The zero-order chi connectivity index (χ0) is 29.3. The van der Waals surface area contributed by atoms with Gasteiger partial charge in [0.25, 0.3) is 0 Å². The fourth-order valence-electron chi connectivity index (χ4n) is 4.41. The predicted octanol–water partition coefficient (Wildman–Crippen LogP) is 4.13. The summed E-state index contributed by atoms with van der Waals surface area (Å²) in [5, 5.41) is 15.6. The van der Waals surface area contributed by atoms with Crippen molar-refractivity contribution < 1.29 is 33.8 Å². The molecule has 0 aliphatic heterocycles. The summed E-state index contributed by atoms with van der Waals surface area (Å²) >= 11 is 0. The highest BCUT2D eigenvalue weighted by Gasteiger charge is 2.42. The molecule has 0 radical (unpaired) electrons. The van der Waals surface area contributed by atoms with E-state index in [0.29, 0.717) is 17.5 Å². The van der Waals surface area contributed by atoms with Gasteiger partial charge in [-0.05, 0) is 89.5 Å². The number of aromatic hydroxyl groups is 1. The number of phenols is 1. The Morgan fingerprint density at radius 2 is 1.82 bits per heavy atom. The molecule has 3 amide bonds. The zero-order valence-electron chi connectivity index (χ0n) is 24.3. The number of alkyl carbamates (subject to hydrolysis) is 1. The number of benzene rings is 1. The summed E-state index contributed by atoms with van der Waals surface area (Å²) < 4.78 is 10.4. The Hall–Kier alpha value is -3.30. The van der Waals surface area contributed by atoms with Gasteiger partial charge in [-0.2, -0.15) is 0 Å². The van der Waals surface area contributed by atoms with Crippen molar-refractivity contribution in [2.45, 2.75) is 104 Å². The Morgan fingerprint density at radius 1 is 1.15 bits per heavy atom. The molecule has 2 unspecified atom stereocenters. The van der Waals surface area contributed by atoms with E-state index in [0.717, 1.165) is 19.3 Å². The summed E-state index contributed by atoms with van der Waals surface area (Å²) in [5.41, 5.74) is 0.344. The molecule has 0 bridgehead atoms. The highest BCUT2D eigenvalue weighted by Crippen LogP contribution is 2.35. The molecule has 1 aromatic carbocycles. The minimum absolute atomic E-state index is 0.00550. The van der Waals surface area contributed by atoms with E-state index in [1.54, 1.807) is 51.7 Å². The molecule has 1 aliphatic rings. The predicted molar refractivity (Wildman–Crippen MR) is 147 cm³/mol. The number of ether oxygens (including phenoxy) is 2. The van der Waals surface area contributed by atoms with Crippen LogP contribution >= 0.6 is 0 Å². The maximum atomic E-state index is 14.2. The Bertz CT molecular complexity index is 1010. The van der Waals surface area contributed by atoms with Gasteiger partial charge in [-0.15, -0.1) is 0 Å². The summed E-state index contributed by atoms with van der Waals surface area (Å²) in [6.45, 7) is 12.9. The van der Waals surface area contributed by atoms with Crippen LogP contribution in [0.3, 0.4) is 0 Å². The van der Waals surface area contributed by atoms with Crippen molar-refractivity contribution in [2.75, 3.05) is 13.2 Å². The van der Waals surface area contributed by atoms with Crippen molar-refractivity contribution in [2.24, 2.45) is 5.92 Å². The third-order valence-corrected chi connectivity index (χ3v) is 6.42. The van der Waals surface area contributed by atoms with E-state index in [1.807, 2.05) is 13.8 Å². The number of nitrogens with zero attached hydrogens (tertiary/aromatic N) is 1. The smallest absolute Gasteiger partial charge is 0.408 e. The molecule has 0 saturated heterocycles. The number of carbonyl (C=O) groups excluding carboxylic acids is 4. The quantitative estimate of drug-likeness (QED) is 0.335. The van der Waals surface area contributed by atoms with E-state index < -0.39 is 35.7 Å². The highest BCUT2D eigenvalue weighted by molar-refractivity contribution is 5.92. The minimum atomic E-state index is -1.03. The number of rotatable bonds is 12. The summed E-state index contributed by atoms with van der Waals surface area (Å²) in [7, 11) is 0. The number of aryl methyl sites for hydroxylation is 1. The van der Waals surface area contributed by atoms with Crippen LogP contribution in [-0.2, 0) is 23.9 Å². The van der Waals surface area contributed by atoms with Gasteiger partial charge in [0.1, 0.15) is 23.4 Å². The second-order valence-corrected chi connectivity index (χ2v) is 11.5. The minimum Gasteiger partial charge on any atom is -0.508 e. The average Bonchev–Trinajstić information content (AvgIpc) is 2.77. The van der Waals surface area contributed by atoms with Crippen LogP contribution < -0.4 is 10.6 Å². The zero-order valence-corrected chi connectivity index (χ0v) is 24.3. The number of carbonyl (C=O) groups is 4. The standard InChI is InChI=1S/C29H45N3O7/c1-8-38-24(34)14-15-30-26(35)25(20-12-13-23(33)19(4)17-20)32(21-10-9-11-21)27(36)22(16-18(2)3)31-28(37)39-29(5,6)7/h12-13,17-18,21-22,25,33H,8-11,14-16H2,1-7H3,(H,30,35)(H,31,37). The summed E-state index contributed by atoms with van der Waals surface area (Å²) in [6.07, 6.45) is 1.99. The van der Waals surface area contributed by atoms with Crippen LogP contribution in [0.1, 0.15) is 90.8 Å². The molecule has 0 spiro atoms. The van der Waals surface area contributed by atoms with Crippen molar-refractivity contribution >= 4 is 23.9 Å². The highest BCUT2D eigenvalue weighted by atomic mass is 16.6. The van der Waals surface area contributed by atoms with Crippen LogP contribution in [0.15, 0.2) is 18.2 Å². The number of amides is 3. The van der Waals surface area contributed by atoms with Crippen molar-refractivity contribution in [3.05, 3.63) is 29.3 Å². The first-order valence-corrected chi connectivity index (χ1v) is 13.8. The second kappa shape index (κ2) is 14.2. The molecular weight excluding hydrogens is 502 g/mol. The summed E-state index contributed by atoms with van der Waals surface area (Å²) in [6, 6.07) is 2.66. The molecule has 10 heteroatoms. The SMILES string of the molecule is CCOC(=O)CCNC(=O)C(c1ccc(O)c(C)c1)N(C(=O)C(CC(C)C)NC(=O)OC(C)(C)C)C1CCC1. The third-order valence-electron chi connectivity index (χ3n) is 6.42. The van der Waals surface area contributed by atoms with Gasteiger partial charge in [0.2, 0.25) is 11.8 Å². The third kappa shape index (κ3) is 9.75. The van der Waals surface area contributed by atoms with E-state index >= 15 is 0 Å². The molecule has 0 aromatic heterocycles. The van der Waals surface area contributed by atoms with Gasteiger partial charge in [0.05, 0.1) is 13.0 Å². The lowest BCUT2D eigenvalue weighted by Crippen LogP contribution is -2.57. The number of hydrogen-bond donors (Lipinski definition) is 3. The fraction of sp³-hybridized carbons (Fsp3) is 0.655. The van der Waals surface area contributed by atoms with E-state index in [9.17, 15) is 24.3 Å². The lowest BCUT2D eigenvalue weighted by atomic mass is 9.87. The monoisotopic (exact) mass is 547 g/mol. The fourth-order valence-corrected chi connectivity index (χ4v) is 4.41. The average molecular weight is 548 g/mol. The van der Waals surface area contributed by atoms with Crippen molar-refractivity contribution in [1.29, 1.82) is 0 Å². The van der Waals surface area contributed by atoms with Crippen molar-refractivity contribution in [3.63, 3.8) is 0 Å². The van der Waals surface area contributed by atoms with Crippen LogP contribution in [0.4, 0.5) is 4.79 Å². The van der Waals surface area contributed by atoms with Gasteiger partial charge >= 0.3 is 12.1 Å². The van der Waals surface area contributed by atoms with Crippen LogP contribution in [0, 0.1) is 12.8 Å². The molecule has 39 heavy (non-hydrogen) atoms. The van der Waals surface area contributed by atoms with Gasteiger partial charge in [-0.3, -0.25) is 14.4 Å². The van der Waals surface area contributed by atoms with Crippen LogP contribution in [-0.4, -0.2) is 64.7 Å². The maximum absolute atomic E-state index is 14.2. The normalized spacial score (nSPS) is 15.1. The Morgan fingerprint density at radius 3 is 2.33 bits per heavy atom.